The number of H-pyrrole nitrogens is 1. The molecule has 0 fully saturated rings. The van der Waals surface area contributed by atoms with Crippen molar-refractivity contribution in [3.63, 3.8) is 0 Å². The first kappa shape index (κ1) is 33.8. The Morgan fingerprint density at radius 2 is 1.53 bits per heavy atom. The minimum absolute atomic E-state index is 0.0920. The van der Waals surface area contributed by atoms with Gasteiger partial charge in [0.05, 0.1) is 6.54 Å². The van der Waals surface area contributed by atoms with E-state index in [1.165, 1.54) is 49.5 Å². The molecule has 2 aromatic heterocycles. The van der Waals surface area contributed by atoms with Gasteiger partial charge >= 0.3 is 5.69 Å². The Bertz CT molecular complexity index is 1330. The van der Waals surface area contributed by atoms with E-state index >= 15 is 0 Å². The Morgan fingerprint density at radius 3 is 2.28 bits per heavy atom. The number of aromatic amines is 1. The van der Waals surface area contributed by atoms with Crippen LogP contribution < -0.4 is 27.4 Å². The molecule has 0 unspecified atom stereocenters. The molecule has 2 heterocycles. The number of unbranched alkanes of at least 4 members (excludes halogenated alkanes) is 7. The van der Waals surface area contributed by atoms with Crippen molar-refractivity contribution in [2.45, 2.75) is 97.4 Å². The van der Waals surface area contributed by atoms with Crippen LogP contribution in [0.15, 0.2) is 29.1 Å². The molecule has 0 aliphatic carbocycles. The molecule has 0 bridgehead atoms. The summed E-state index contributed by atoms with van der Waals surface area (Å²) in [6.07, 6.45) is 12.3. The van der Waals surface area contributed by atoms with Gasteiger partial charge in [-0.25, -0.2) is 4.79 Å². The SMILES string of the molecule is CCCCCCCCCNCCCNC(=O)CCC(=O)c1ccc(Cn2c(=O)[nH]c3c(N)nc(NCCCC)nc32)cc1. The van der Waals surface area contributed by atoms with Gasteiger partial charge in [0.2, 0.25) is 11.9 Å². The summed E-state index contributed by atoms with van der Waals surface area (Å²) >= 11 is 0. The predicted octanol–water partition coefficient (Wildman–Crippen LogP) is 4.77. The van der Waals surface area contributed by atoms with Crippen molar-refractivity contribution in [2.75, 3.05) is 37.2 Å². The van der Waals surface area contributed by atoms with Crippen LogP contribution in [-0.4, -0.2) is 57.4 Å². The monoisotopic (exact) mass is 594 g/mol. The summed E-state index contributed by atoms with van der Waals surface area (Å²) in [4.78, 5) is 49.0. The summed E-state index contributed by atoms with van der Waals surface area (Å²) in [5.41, 5.74) is 7.92. The molecule has 11 heteroatoms. The lowest BCUT2D eigenvalue weighted by atomic mass is 10.0. The molecular weight excluding hydrogens is 544 g/mol. The van der Waals surface area contributed by atoms with E-state index in [2.05, 4.69) is 44.7 Å². The number of carbonyl (C=O) groups is 2. The van der Waals surface area contributed by atoms with E-state index < -0.39 is 0 Å². The summed E-state index contributed by atoms with van der Waals surface area (Å²) < 4.78 is 1.50. The molecule has 11 nitrogen and oxygen atoms in total. The van der Waals surface area contributed by atoms with E-state index in [4.69, 9.17) is 5.73 Å². The number of nitrogens with two attached hydrogens (primary N) is 1. The molecule has 1 amide bonds. The maximum atomic E-state index is 12.7. The lowest BCUT2D eigenvalue weighted by Gasteiger charge is -2.08. The Labute approximate surface area is 254 Å². The molecule has 0 aliphatic heterocycles. The maximum absolute atomic E-state index is 12.7. The van der Waals surface area contributed by atoms with E-state index in [9.17, 15) is 14.4 Å². The largest absolute Gasteiger partial charge is 0.382 e. The number of nitrogen functional groups attached to an aromatic ring is 1. The molecule has 0 saturated carbocycles. The van der Waals surface area contributed by atoms with Gasteiger partial charge in [0.25, 0.3) is 0 Å². The number of Topliss-reactive ketones (excluding diaryl/α,β-unsaturated/α-hetero) is 1. The van der Waals surface area contributed by atoms with Gasteiger partial charge in [0, 0.05) is 31.5 Å². The first-order valence-electron chi connectivity index (χ1n) is 16.0. The average Bonchev–Trinajstić information content (AvgIpc) is 3.32. The van der Waals surface area contributed by atoms with Crippen LogP contribution in [0.1, 0.15) is 107 Å². The summed E-state index contributed by atoms with van der Waals surface area (Å²) in [5.74, 6) is 0.387. The second-order valence-electron chi connectivity index (χ2n) is 11.1. The number of carbonyl (C=O) groups excluding carboxylic acids is 2. The zero-order chi connectivity index (χ0) is 30.9. The van der Waals surface area contributed by atoms with Gasteiger partial charge in [0.1, 0.15) is 5.52 Å². The molecule has 0 radical (unpaired) electrons. The van der Waals surface area contributed by atoms with Gasteiger partial charge in [-0.3, -0.25) is 14.2 Å². The van der Waals surface area contributed by atoms with Crippen LogP contribution in [0.3, 0.4) is 0 Å². The molecular formula is C32H50N8O3. The summed E-state index contributed by atoms with van der Waals surface area (Å²) in [5, 5.41) is 9.49. The molecule has 1 aromatic carbocycles. The van der Waals surface area contributed by atoms with Gasteiger partial charge in [-0.15, -0.1) is 0 Å². The molecule has 0 atom stereocenters. The second kappa shape index (κ2) is 18.7. The highest BCUT2D eigenvalue weighted by molar-refractivity contribution is 5.98. The zero-order valence-corrected chi connectivity index (χ0v) is 26.0. The van der Waals surface area contributed by atoms with Gasteiger partial charge in [-0.2, -0.15) is 9.97 Å². The number of ketones is 1. The highest BCUT2D eigenvalue weighted by Crippen LogP contribution is 2.18. The van der Waals surface area contributed by atoms with Crippen molar-refractivity contribution in [1.29, 1.82) is 0 Å². The number of rotatable bonds is 22. The second-order valence-corrected chi connectivity index (χ2v) is 11.1. The smallest absolute Gasteiger partial charge is 0.328 e. The third-order valence-corrected chi connectivity index (χ3v) is 7.47. The molecule has 3 rings (SSSR count). The predicted molar refractivity (Wildman–Crippen MR) is 174 cm³/mol. The lowest BCUT2D eigenvalue weighted by Crippen LogP contribution is -2.27. The first-order chi connectivity index (χ1) is 20.9. The molecule has 236 valence electrons. The van der Waals surface area contributed by atoms with Crippen LogP contribution in [-0.2, 0) is 11.3 Å². The fraction of sp³-hybridized carbons (Fsp3) is 0.594. The number of aromatic nitrogens is 4. The van der Waals surface area contributed by atoms with Crippen molar-refractivity contribution >= 4 is 34.6 Å². The van der Waals surface area contributed by atoms with Crippen molar-refractivity contribution in [2.24, 2.45) is 0 Å². The lowest BCUT2D eigenvalue weighted by molar-refractivity contribution is -0.121. The Balaban J connectivity index is 1.38. The normalized spacial score (nSPS) is 11.2. The topological polar surface area (TPSA) is 160 Å². The van der Waals surface area contributed by atoms with Crippen LogP contribution in [0.4, 0.5) is 11.8 Å². The quantitative estimate of drug-likeness (QED) is 0.0821. The number of nitrogens with zero attached hydrogens (tertiary/aromatic N) is 3. The molecule has 0 saturated heterocycles. The Morgan fingerprint density at radius 1 is 0.837 bits per heavy atom. The molecule has 3 aromatic rings. The summed E-state index contributed by atoms with van der Waals surface area (Å²) in [6, 6.07) is 7.08. The number of benzene rings is 1. The Hall–Kier alpha value is -3.73. The van der Waals surface area contributed by atoms with E-state index in [0.717, 1.165) is 37.9 Å². The van der Waals surface area contributed by atoms with Gasteiger partial charge in [-0.05, 0) is 37.9 Å². The van der Waals surface area contributed by atoms with Crippen LogP contribution in [0.5, 0.6) is 0 Å². The van der Waals surface area contributed by atoms with Crippen molar-refractivity contribution < 1.29 is 9.59 Å². The zero-order valence-electron chi connectivity index (χ0n) is 26.0. The molecule has 43 heavy (non-hydrogen) atoms. The third kappa shape index (κ3) is 11.5. The number of anilines is 2. The average molecular weight is 595 g/mol. The number of fused-ring (bicyclic) bond motifs is 1. The first-order valence-corrected chi connectivity index (χ1v) is 16.0. The van der Waals surface area contributed by atoms with Gasteiger partial charge in [0.15, 0.2) is 17.2 Å². The molecule has 0 aliphatic rings. The number of hydrogen-bond acceptors (Lipinski definition) is 8. The number of imidazole rings is 1. The van der Waals surface area contributed by atoms with Gasteiger partial charge in [-0.1, -0.05) is 83.1 Å². The van der Waals surface area contributed by atoms with Crippen LogP contribution in [0.25, 0.3) is 11.2 Å². The van der Waals surface area contributed by atoms with E-state index in [-0.39, 0.29) is 42.6 Å². The molecule has 0 spiro atoms. The van der Waals surface area contributed by atoms with Crippen LogP contribution in [0, 0.1) is 0 Å². The summed E-state index contributed by atoms with van der Waals surface area (Å²) in [7, 11) is 0. The van der Waals surface area contributed by atoms with E-state index in [1.807, 2.05) is 12.1 Å². The number of nitrogens with one attached hydrogen (secondary N) is 4. The third-order valence-electron chi connectivity index (χ3n) is 7.47. The van der Waals surface area contributed by atoms with Crippen molar-refractivity contribution in [3.8, 4) is 0 Å². The van der Waals surface area contributed by atoms with Gasteiger partial charge < -0.3 is 26.7 Å². The Kier molecular flexibility index (Phi) is 14.7. The van der Waals surface area contributed by atoms with Crippen molar-refractivity contribution in [3.05, 3.63) is 45.9 Å². The van der Waals surface area contributed by atoms with Crippen LogP contribution >= 0.6 is 0 Å². The standard InChI is InChI=1S/C32H50N8O3/c1-3-5-7-8-9-10-11-19-34-20-12-22-35-27(42)18-17-26(41)25-15-13-24(14-16-25)23-40-30-28(37-32(40)43)29(33)38-31(39-30)36-21-6-4-2/h13-16,34H,3-12,17-23H2,1-2H3,(H,35,42)(H,37,43)(H3,33,36,38,39). The highest BCUT2D eigenvalue weighted by atomic mass is 16.2. The van der Waals surface area contributed by atoms with E-state index in [0.29, 0.717) is 35.8 Å². The summed E-state index contributed by atoms with van der Waals surface area (Å²) in [6.45, 7) is 7.81. The van der Waals surface area contributed by atoms with Crippen LogP contribution in [0.2, 0.25) is 0 Å². The number of hydrogen-bond donors (Lipinski definition) is 5. The molecule has 6 N–H and O–H groups in total. The van der Waals surface area contributed by atoms with Crippen molar-refractivity contribution in [1.82, 2.24) is 30.2 Å². The minimum atomic E-state index is -0.336. The maximum Gasteiger partial charge on any atom is 0.328 e. The number of amides is 1. The van der Waals surface area contributed by atoms with E-state index in [1.54, 1.807) is 12.1 Å². The minimum Gasteiger partial charge on any atom is -0.382 e. The highest BCUT2D eigenvalue weighted by Gasteiger charge is 2.15. The fourth-order valence-electron chi connectivity index (χ4n) is 4.87. The fourth-order valence-corrected chi connectivity index (χ4v) is 4.87.